The molecule has 3 heterocycles. The summed E-state index contributed by atoms with van der Waals surface area (Å²) in [7, 11) is 0. The summed E-state index contributed by atoms with van der Waals surface area (Å²) < 4.78 is 143. The van der Waals surface area contributed by atoms with Crippen molar-refractivity contribution in [3.8, 4) is 5.75 Å². The number of hydrogen-bond donors (Lipinski definition) is 7. The number of carbonyl (C=O) groups excluding carboxylic acids is 14. The molecule has 0 aliphatic carbocycles. The van der Waals surface area contributed by atoms with E-state index in [2.05, 4.69) is 42.0 Å². The number of halogens is 5. The molecular formula is C81H134F5N7O27. The van der Waals surface area contributed by atoms with Crippen LogP contribution < -0.4 is 42.0 Å². The van der Waals surface area contributed by atoms with Crippen LogP contribution in [0.2, 0.25) is 0 Å². The lowest BCUT2D eigenvalue weighted by Gasteiger charge is -2.43. The van der Waals surface area contributed by atoms with Crippen molar-refractivity contribution < 1.29 is 158 Å². The number of benzene rings is 1. The number of unbranched alkanes of at least 4 members (excludes halogenated alkanes) is 3. The van der Waals surface area contributed by atoms with Crippen LogP contribution in [0.25, 0.3) is 0 Å². The zero-order valence-electron chi connectivity index (χ0n) is 70.9. The number of hydrogen-bond acceptors (Lipinski definition) is 27. The summed E-state index contributed by atoms with van der Waals surface area (Å²) in [5.74, 6) is -23.1. The zero-order chi connectivity index (χ0) is 89.2. The summed E-state index contributed by atoms with van der Waals surface area (Å²) in [5.41, 5.74) is -1.55. The number of ether oxygens (including phenoxy) is 13. The van der Waals surface area contributed by atoms with E-state index in [-0.39, 0.29) is 216 Å². The fourth-order valence-corrected chi connectivity index (χ4v) is 13.6. The molecule has 690 valence electrons. The molecule has 0 bridgehead atoms. The summed E-state index contributed by atoms with van der Waals surface area (Å²) in [6.07, 6.45) is -5.86. The van der Waals surface area contributed by atoms with Gasteiger partial charge in [0, 0.05) is 200 Å². The highest BCUT2D eigenvalue weighted by Gasteiger charge is 2.48. The minimum absolute atomic E-state index is 0. The van der Waals surface area contributed by atoms with Crippen LogP contribution in [0.1, 0.15) is 225 Å². The number of amides is 7. The van der Waals surface area contributed by atoms with Crippen LogP contribution in [0.4, 0.5) is 22.0 Å². The summed E-state index contributed by atoms with van der Waals surface area (Å²) >= 11 is 0. The van der Waals surface area contributed by atoms with Gasteiger partial charge in [-0.2, -0.15) is 8.78 Å². The number of nitrogens with one attached hydrogen (secondary N) is 7. The normalized spacial score (nSPS) is 23.1. The molecule has 1 aromatic rings. The third-order valence-electron chi connectivity index (χ3n) is 20.9. The van der Waals surface area contributed by atoms with Crippen molar-refractivity contribution in [1.82, 2.24) is 37.2 Å². The molecule has 0 radical (unpaired) electrons. The third-order valence-corrected chi connectivity index (χ3v) is 20.9. The molecule has 0 spiro atoms. The predicted molar refractivity (Wildman–Crippen MR) is 424 cm³/mol. The van der Waals surface area contributed by atoms with Crippen LogP contribution in [0.3, 0.4) is 0 Å². The van der Waals surface area contributed by atoms with Crippen molar-refractivity contribution in [2.24, 2.45) is 35.5 Å². The van der Waals surface area contributed by atoms with Gasteiger partial charge in [0.05, 0.1) is 0 Å². The van der Waals surface area contributed by atoms with Crippen molar-refractivity contribution in [3.05, 3.63) is 29.1 Å². The largest absolute Gasteiger partial charge is 0.463 e. The molecule has 39 heteroatoms. The molecule has 15 unspecified atom stereocenters. The van der Waals surface area contributed by atoms with Gasteiger partial charge >= 0.3 is 41.8 Å². The molecule has 0 aromatic heterocycles. The Hall–Kier alpha value is -8.79. The molecule has 15 atom stereocenters. The lowest BCUT2D eigenvalue weighted by Crippen LogP contribution is -2.53. The van der Waals surface area contributed by atoms with Gasteiger partial charge in [-0.3, -0.25) is 67.1 Å². The van der Waals surface area contributed by atoms with Gasteiger partial charge in [0.25, 0.3) is 0 Å². The van der Waals surface area contributed by atoms with Crippen molar-refractivity contribution in [1.29, 1.82) is 0 Å². The van der Waals surface area contributed by atoms with Crippen LogP contribution in [0.5, 0.6) is 5.75 Å². The highest BCUT2D eigenvalue weighted by atomic mass is 19.2. The SMILES string of the molecule is CC(=O)OCC1OC(OCCCCC(=O)NCCCNC(=O)CCC(CCC(=O)NCCCNC(=O)CCCCOC2OC(COC(C)=O)C(OC(C)=O)C(C)C2C)(CCC(=O)NCCCNC(=O)CCCCOC2OC(COC(C)=O)C(OC(C)=O)C(C)C2C)NC(=O)CCCC(=O)Oc2c(F)c(F)c(F)c(F)c2F)C(C)C(C)C1OC(C)=O.[HH].[HH].[HH].[HH].[HH]. The smallest absolute Gasteiger partial charge is 0.311 e. The van der Waals surface area contributed by atoms with Crippen LogP contribution >= 0.6 is 0 Å². The Balaban J connectivity index is 0. The molecule has 3 aliphatic heterocycles. The fraction of sp³-hybridized carbons (Fsp3) is 0.753. The van der Waals surface area contributed by atoms with E-state index in [0.717, 1.165) is 0 Å². The highest BCUT2D eigenvalue weighted by molar-refractivity contribution is 5.81. The standard InChI is InChI=1S/C81H124F5N7O27.5H2/c1-46-49(4)78(117-58(43-111-52(7)94)74(46)114-55(10)97)108-40-16-13-23-61(100)87-34-20-37-90-64(103)28-31-81(93-67(106)26-19-27-68(107)120-77-72(85)70(83)69(82)71(84)73(77)86,32-29-65(104)91-38-21-35-88-62(101)24-14-17-41-109-79-50(5)47(2)75(115-56(11)98)59(118-79)44-112-53(8)95)33-30-66(105)92-39-22-36-89-63(102)25-15-18-42-110-80-51(6)48(3)76(116-57(12)99)60(119-80)45-113-54(9)96;;;;;/h46-51,58-60,74-76,78-80H,13-45H2,1-12H3,(H,87,100)(H,88,101)(H,89,102)(H,90,103)(H,91,104)(H,92,105)(H,93,106);5*1H. The maximum Gasteiger partial charge on any atom is 0.311 e. The van der Waals surface area contributed by atoms with E-state index >= 15 is 0 Å². The maximum atomic E-state index is 14.5. The minimum Gasteiger partial charge on any atom is -0.463 e. The van der Waals surface area contributed by atoms with E-state index in [1.165, 1.54) is 41.5 Å². The van der Waals surface area contributed by atoms with Gasteiger partial charge in [-0.05, 0) is 83.5 Å². The molecule has 3 fully saturated rings. The van der Waals surface area contributed by atoms with Crippen LogP contribution in [-0.2, 0) is 124 Å². The Morgan fingerprint density at radius 3 is 0.867 bits per heavy atom. The van der Waals surface area contributed by atoms with Crippen molar-refractivity contribution in [2.45, 2.75) is 279 Å². The third kappa shape index (κ3) is 38.1. The molecule has 1 aromatic carbocycles. The monoisotopic (exact) mass is 1730 g/mol. The molecule has 7 amide bonds. The Labute approximate surface area is 704 Å². The second kappa shape index (κ2) is 54.6. The first-order valence-electron chi connectivity index (χ1n) is 41.2. The number of rotatable bonds is 54. The summed E-state index contributed by atoms with van der Waals surface area (Å²) in [4.78, 5) is 177. The number of carbonyl (C=O) groups is 14. The Kier molecular flexibility index (Phi) is 47.1. The predicted octanol–water partition coefficient (Wildman–Crippen LogP) is 7.79. The Bertz CT molecular complexity index is 3260. The molecule has 4 rings (SSSR count). The molecular weight excluding hydrogens is 1600 g/mol. The van der Waals surface area contributed by atoms with E-state index in [0.29, 0.717) is 38.5 Å². The van der Waals surface area contributed by atoms with Crippen LogP contribution in [0.15, 0.2) is 0 Å². The van der Waals surface area contributed by atoms with E-state index in [1.807, 2.05) is 41.5 Å². The van der Waals surface area contributed by atoms with E-state index in [9.17, 15) is 89.1 Å². The van der Waals surface area contributed by atoms with Gasteiger partial charge < -0.3 is 98.8 Å². The molecule has 7 N–H and O–H groups in total. The Morgan fingerprint density at radius 1 is 0.325 bits per heavy atom. The highest BCUT2D eigenvalue weighted by Crippen LogP contribution is 2.38. The molecule has 3 aliphatic rings. The van der Waals surface area contributed by atoms with Crippen molar-refractivity contribution in [3.63, 3.8) is 0 Å². The van der Waals surface area contributed by atoms with Gasteiger partial charge in [-0.15, -0.1) is 0 Å². The molecule has 3 saturated heterocycles. The average Bonchev–Trinajstić information content (AvgIpc) is 0.834. The topological polar surface area (TPSA) is 443 Å². The van der Waals surface area contributed by atoms with E-state index in [4.69, 9.17) is 56.8 Å². The maximum absolute atomic E-state index is 14.5. The quantitative estimate of drug-likeness (QED) is 0.00622. The zero-order valence-corrected chi connectivity index (χ0v) is 70.9. The fourth-order valence-electron chi connectivity index (χ4n) is 13.6. The van der Waals surface area contributed by atoms with Crippen molar-refractivity contribution >= 4 is 83.1 Å². The first-order valence-corrected chi connectivity index (χ1v) is 41.2. The first kappa shape index (κ1) is 104. The second-order valence-electron chi connectivity index (χ2n) is 30.6. The van der Waals surface area contributed by atoms with Gasteiger partial charge in [0.1, 0.15) is 56.4 Å². The lowest BCUT2D eigenvalue weighted by molar-refractivity contribution is -0.273. The molecule has 34 nitrogen and oxygen atoms in total. The van der Waals surface area contributed by atoms with Gasteiger partial charge in [-0.1, -0.05) is 41.5 Å². The van der Waals surface area contributed by atoms with E-state index in [1.54, 1.807) is 0 Å². The van der Waals surface area contributed by atoms with Crippen LogP contribution in [0, 0.1) is 64.6 Å². The van der Waals surface area contributed by atoms with E-state index < -0.39 is 181 Å². The lowest BCUT2D eigenvalue weighted by atomic mass is 9.82. The van der Waals surface area contributed by atoms with Gasteiger partial charge in [-0.25, -0.2) is 13.2 Å². The first-order chi connectivity index (χ1) is 56.8. The number of esters is 7. The summed E-state index contributed by atoms with van der Waals surface area (Å²) in [5, 5.41) is 19.6. The van der Waals surface area contributed by atoms with Crippen LogP contribution in [-0.4, -0.2) is 223 Å². The molecule has 0 saturated carbocycles. The Morgan fingerprint density at radius 2 is 0.592 bits per heavy atom. The minimum atomic E-state index is -2.49. The summed E-state index contributed by atoms with van der Waals surface area (Å²) in [6.45, 7) is 19.7. The van der Waals surface area contributed by atoms with Gasteiger partial charge in [0.2, 0.25) is 76.2 Å². The molecule has 120 heavy (non-hydrogen) atoms. The van der Waals surface area contributed by atoms with Crippen molar-refractivity contribution in [2.75, 3.05) is 78.9 Å². The van der Waals surface area contributed by atoms with Gasteiger partial charge in [0.15, 0.2) is 18.9 Å². The summed E-state index contributed by atoms with van der Waals surface area (Å²) in [6, 6.07) is 0. The second-order valence-corrected chi connectivity index (χ2v) is 30.6. The average molecular weight is 1730 g/mol.